The number of esters is 2. The van der Waals surface area contributed by atoms with Gasteiger partial charge in [0.15, 0.2) is 0 Å². The number of carbonyl (C=O) groups is 2. The first-order chi connectivity index (χ1) is 20.1. The maximum absolute atomic E-state index is 12.6. The van der Waals surface area contributed by atoms with Crippen molar-refractivity contribution in [1.29, 1.82) is 0 Å². The van der Waals surface area contributed by atoms with Gasteiger partial charge in [0.2, 0.25) is 0 Å². The smallest absolute Gasteiger partial charge is 0.312 e. The summed E-state index contributed by atoms with van der Waals surface area (Å²) in [7, 11) is 1.44. The number of rotatable bonds is 30. The van der Waals surface area contributed by atoms with Crippen molar-refractivity contribution in [3.8, 4) is 0 Å². The molecule has 0 rings (SSSR count). The van der Waals surface area contributed by atoms with E-state index >= 15 is 0 Å². The van der Waals surface area contributed by atoms with Gasteiger partial charge in [0.25, 0.3) is 0 Å². The SMILES string of the molecule is CCCCCCC=CCCCCCCCC(OC(C)=O)C(CCCCCCC=CCCCCCCCC)C(=O)OC. The summed E-state index contributed by atoms with van der Waals surface area (Å²) in [6, 6.07) is 0. The molecule has 2 unspecified atom stereocenters. The van der Waals surface area contributed by atoms with Crippen LogP contribution in [-0.2, 0) is 19.1 Å². The molecule has 41 heavy (non-hydrogen) atoms. The van der Waals surface area contributed by atoms with E-state index in [1.54, 1.807) is 0 Å². The molecule has 2 atom stereocenters. The predicted octanol–water partition coefficient (Wildman–Crippen LogP) is 11.6. The van der Waals surface area contributed by atoms with E-state index in [1.807, 2.05) is 0 Å². The van der Waals surface area contributed by atoms with Crippen LogP contribution in [0.25, 0.3) is 0 Å². The summed E-state index contributed by atoms with van der Waals surface area (Å²) in [4.78, 5) is 24.4. The Hall–Kier alpha value is -1.58. The molecule has 4 nitrogen and oxygen atoms in total. The maximum atomic E-state index is 12.6. The molecule has 0 N–H and O–H groups in total. The number of carbonyl (C=O) groups excluding carboxylic acids is 2. The Morgan fingerprint density at radius 2 is 0.902 bits per heavy atom. The number of ether oxygens (including phenoxy) is 2. The normalized spacial score (nSPS) is 13.2. The van der Waals surface area contributed by atoms with Gasteiger partial charge in [0.05, 0.1) is 13.0 Å². The van der Waals surface area contributed by atoms with E-state index in [9.17, 15) is 9.59 Å². The first-order valence-corrected chi connectivity index (χ1v) is 17.6. The first-order valence-electron chi connectivity index (χ1n) is 17.6. The Labute approximate surface area is 255 Å². The average molecular weight is 577 g/mol. The third-order valence-electron chi connectivity index (χ3n) is 8.05. The third-order valence-corrected chi connectivity index (χ3v) is 8.05. The van der Waals surface area contributed by atoms with Crippen LogP contribution in [0.4, 0.5) is 0 Å². The molecule has 0 aliphatic heterocycles. The molecule has 0 fully saturated rings. The zero-order chi connectivity index (χ0) is 30.2. The summed E-state index contributed by atoms with van der Waals surface area (Å²) in [5.41, 5.74) is 0. The van der Waals surface area contributed by atoms with Gasteiger partial charge in [-0.1, -0.05) is 128 Å². The predicted molar refractivity (Wildman–Crippen MR) is 176 cm³/mol. The highest BCUT2D eigenvalue weighted by molar-refractivity contribution is 5.74. The van der Waals surface area contributed by atoms with Gasteiger partial charge in [-0.3, -0.25) is 9.59 Å². The van der Waals surface area contributed by atoms with Gasteiger partial charge in [0.1, 0.15) is 6.10 Å². The molecular weight excluding hydrogens is 508 g/mol. The molecule has 0 aliphatic rings. The molecule has 0 aromatic carbocycles. The van der Waals surface area contributed by atoms with E-state index in [1.165, 1.54) is 130 Å². The zero-order valence-electron chi connectivity index (χ0n) is 27.8. The molecule has 0 heterocycles. The van der Waals surface area contributed by atoms with E-state index in [-0.39, 0.29) is 24.0 Å². The lowest BCUT2D eigenvalue weighted by Gasteiger charge is -2.25. The van der Waals surface area contributed by atoms with Gasteiger partial charge in [-0.05, 0) is 70.6 Å². The number of unbranched alkanes of at least 4 members (excludes halogenated alkanes) is 19. The van der Waals surface area contributed by atoms with Gasteiger partial charge in [0, 0.05) is 6.92 Å². The summed E-state index contributed by atoms with van der Waals surface area (Å²) in [6.45, 7) is 5.96. The largest absolute Gasteiger partial charge is 0.469 e. The molecule has 0 saturated carbocycles. The number of methoxy groups -OCH3 is 1. The summed E-state index contributed by atoms with van der Waals surface area (Å²) in [5, 5.41) is 0. The lowest BCUT2D eigenvalue weighted by atomic mass is 9.91. The minimum Gasteiger partial charge on any atom is -0.469 e. The molecule has 0 bridgehead atoms. The Morgan fingerprint density at radius 3 is 1.32 bits per heavy atom. The fraction of sp³-hybridized carbons (Fsp3) is 0.838. The highest BCUT2D eigenvalue weighted by Crippen LogP contribution is 2.24. The summed E-state index contributed by atoms with van der Waals surface area (Å²) in [5.74, 6) is -0.905. The molecule has 240 valence electrons. The van der Waals surface area contributed by atoms with Gasteiger partial charge in [-0.2, -0.15) is 0 Å². The van der Waals surface area contributed by atoms with Crippen molar-refractivity contribution < 1.29 is 19.1 Å². The van der Waals surface area contributed by atoms with Crippen LogP contribution in [0.3, 0.4) is 0 Å². The topological polar surface area (TPSA) is 52.6 Å². The van der Waals surface area contributed by atoms with Crippen molar-refractivity contribution in [2.75, 3.05) is 7.11 Å². The van der Waals surface area contributed by atoms with Gasteiger partial charge < -0.3 is 9.47 Å². The second kappa shape index (κ2) is 31.4. The van der Waals surface area contributed by atoms with Crippen molar-refractivity contribution in [2.45, 2.75) is 187 Å². The zero-order valence-corrected chi connectivity index (χ0v) is 27.8. The second-order valence-corrected chi connectivity index (χ2v) is 12.0. The Kier molecular flexibility index (Phi) is 30.1. The van der Waals surface area contributed by atoms with Crippen LogP contribution in [0, 0.1) is 5.92 Å². The summed E-state index contributed by atoms with van der Waals surface area (Å²) < 4.78 is 10.8. The average Bonchev–Trinajstić information content (AvgIpc) is 2.96. The standard InChI is InChI=1S/C37H68O4/c1-5-7-9-11-13-15-17-19-21-22-24-26-28-30-32-35(37(39)40-4)36(41-34(3)38)33-31-29-27-25-23-20-18-16-14-12-10-8-6-2/h16,18-19,21,35-36H,5-15,17,20,22-33H2,1-4H3. The highest BCUT2D eigenvalue weighted by Gasteiger charge is 2.30. The number of hydrogen-bond donors (Lipinski definition) is 0. The lowest BCUT2D eigenvalue weighted by molar-refractivity contribution is -0.160. The van der Waals surface area contributed by atoms with Crippen LogP contribution >= 0.6 is 0 Å². The number of allylic oxidation sites excluding steroid dienone is 4. The minimum atomic E-state index is -0.375. The van der Waals surface area contributed by atoms with E-state index in [2.05, 4.69) is 38.2 Å². The van der Waals surface area contributed by atoms with E-state index in [0.717, 1.165) is 44.9 Å². The van der Waals surface area contributed by atoms with Crippen molar-refractivity contribution in [2.24, 2.45) is 5.92 Å². The molecule has 0 spiro atoms. The van der Waals surface area contributed by atoms with Crippen LogP contribution in [0.5, 0.6) is 0 Å². The van der Waals surface area contributed by atoms with Gasteiger partial charge in [-0.15, -0.1) is 0 Å². The summed E-state index contributed by atoms with van der Waals surface area (Å²) >= 11 is 0. The van der Waals surface area contributed by atoms with Crippen molar-refractivity contribution in [3.63, 3.8) is 0 Å². The quantitative estimate of drug-likeness (QED) is 0.0485. The highest BCUT2D eigenvalue weighted by atomic mass is 16.6. The van der Waals surface area contributed by atoms with Crippen LogP contribution in [0.15, 0.2) is 24.3 Å². The first kappa shape index (κ1) is 39.4. The Bertz CT molecular complexity index is 639. The van der Waals surface area contributed by atoms with Crippen molar-refractivity contribution in [3.05, 3.63) is 24.3 Å². The fourth-order valence-corrected chi connectivity index (χ4v) is 5.48. The molecule has 0 aromatic heterocycles. The van der Waals surface area contributed by atoms with E-state index < -0.39 is 0 Å². The second-order valence-electron chi connectivity index (χ2n) is 12.0. The van der Waals surface area contributed by atoms with Crippen molar-refractivity contribution >= 4 is 11.9 Å². The lowest BCUT2D eigenvalue weighted by Crippen LogP contribution is -2.33. The number of hydrogen-bond acceptors (Lipinski definition) is 4. The molecule has 4 heteroatoms. The maximum Gasteiger partial charge on any atom is 0.312 e. The van der Waals surface area contributed by atoms with Crippen LogP contribution < -0.4 is 0 Å². The fourth-order valence-electron chi connectivity index (χ4n) is 5.48. The minimum absolute atomic E-state index is 0.240. The Balaban J connectivity index is 4.16. The van der Waals surface area contributed by atoms with Gasteiger partial charge >= 0.3 is 11.9 Å². The van der Waals surface area contributed by atoms with Crippen LogP contribution in [-0.4, -0.2) is 25.2 Å². The monoisotopic (exact) mass is 577 g/mol. The van der Waals surface area contributed by atoms with Crippen LogP contribution in [0.1, 0.15) is 181 Å². The van der Waals surface area contributed by atoms with E-state index in [4.69, 9.17) is 9.47 Å². The van der Waals surface area contributed by atoms with Gasteiger partial charge in [-0.25, -0.2) is 0 Å². The molecule has 0 radical (unpaired) electrons. The molecule has 0 aromatic rings. The molecule has 0 amide bonds. The van der Waals surface area contributed by atoms with E-state index in [0.29, 0.717) is 0 Å². The molecule has 0 aliphatic carbocycles. The molecular formula is C37H68O4. The summed E-state index contributed by atoms with van der Waals surface area (Å²) in [6.07, 6.45) is 38.8. The molecule has 0 saturated heterocycles. The van der Waals surface area contributed by atoms with Crippen LogP contribution in [0.2, 0.25) is 0 Å². The Morgan fingerprint density at radius 1 is 0.537 bits per heavy atom. The third kappa shape index (κ3) is 27.0. The van der Waals surface area contributed by atoms with Crippen molar-refractivity contribution in [1.82, 2.24) is 0 Å².